The average Bonchev–Trinajstić information content (AvgIpc) is 2.60. The van der Waals surface area contributed by atoms with E-state index in [0.29, 0.717) is 24.4 Å². The minimum Gasteiger partial charge on any atom is -0.494 e. The molecule has 24 heavy (non-hydrogen) atoms. The van der Waals surface area contributed by atoms with Gasteiger partial charge in [-0.05, 0) is 44.0 Å². The van der Waals surface area contributed by atoms with Crippen molar-refractivity contribution in [2.75, 3.05) is 6.61 Å². The fourth-order valence-corrected chi connectivity index (χ4v) is 2.66. The molecule has 0 bridgehead atoms. The van der Waals surface area contributed by atoms with Crippen LogP contribution in [0.1, 0.15) is 57.9 Å². The van der Waals surface area contributed by atoms with E-state index in [1.165, 1.54) is 25.7 Å². The van der Waals surface area contributed by atoms with Gasteiger partial charge in [0, 0.05) is 17.3 Å². The Hall–Kier alpha value is -1.97. The van der Waals surface area contributed by atoms with Gasteiger partial charge in [0.2, 0.25) is 5.95 Å². The molecular formula is C20H27FN2O. The van der Waals surface area contributed by atoms with Gasteiger partial charge < -0.3 is 4.74 Å². The van der Waals surface area contributed by atoms with Crippen LogP contribution in [0.3, 0.4) is 0 Å². The number of halogens is 1. The van der Waals surface area contributed by atoms with Gasteiger partial charge in [-0.1, -0.05) is 39.0 Å². The summed E-state index contributed by atoms with van der Waals surface area (Å²) in [5.74, 6) is 0.811. The SMILES string of the molecule is CCCCCCCCc1cnc(-c2ccc(OCC)cc2)nc1F. The number of nitrogens with zero attached hydrogens (tertiary/aromatic N) is 2. The Kier molecular flexibility index (Phi) is 7.66. The Bertz CT molecular complexity index is 614. The number of hydrogen-bond donors (Lipinski definition) is 0. The third-order valence-corrected chi connectivity index (χ3v) is 4.03. The summed E-state index contributed by atoms with van der Waals surface area (Å²) in [6.45, 7) is 4.77. The molecule has 130 valence electrons. The molecule has 0 aliphatic rings. The first-order valence-corrected chi connectivity index (χ1v) is 8.99. The first-order chi connectivity index (χ1) is 11.7. The monoisotopic (exact) mass is 330 g/mol. The van der Waals surface area contributed by atoms with Gasteiger partial charge in [0.15, 0.2) is 5.82 Å². The van der Waals surface area contributed by atoms with Gasteiger partial charge in [0.25, 0.3) is 0 Å². The molecular weight excluding hydrogens is 303 g/mol. The minimum absolute atomic E-state index is 0.401. The molecule has 1 heterocycles. The minimum atomic E-state index is -0.401. The van der Waals surface area contributed by atoms with Crippen LogP contribution in [0.5, 0.6) is 5.75 Å². The molecule has 3 nitrogen and oxygen atoms in total. The van der Waals surface area contributed by atoms with Crippen LogP contribution in [0.2, 0.25) is 0 Å². The highest BCUT2D eigenvalue weighted by Gasteiger charge is 2.08. The largest absolute Gasteiger partial charge is 0.494 e. The molecule has 1 aromatic heterocycles. The Labute approximate surface area is 144 Å². The second-order valence-electron chi connectivity index (χ2n) is 5.98. The molecule has 4 heteroatoms. The van der Waals surface area contributed by atoms with Crippen LogP contribution in [-0.4, -0.2) is 16.6 Å². The van der Waals surface area contributed by atoms with Crippen LogP contribution in [-0.2, 0) is 6.42 Å². The quantitative estimate of drug-likeness (QED) is 0.421. The molecule has 0 atom stereocenters. The van der Waals surface area contributed by atoms with Crippen LogP contribution in [0.15, 0.2) is 30.5 Å². The lowest BCUT2D eigenvalue weighted by Gasteiger charge is -2.06. The molecule has 0 radical (unpaired) electrons. The van der Waals surface area contributed by atoms with Gasteiger partial charge in [0.1, 0.15) is 5.75 Å². The van der Waals surface area contributed by atoms with Crippen molar-refractivity contribution in [1.29, 1.82) is 0 Å². The van der Waals surface area contributed by atoms with Crippen molar-refractivity contribution in [2.45, 2.75) is 58.8 Å². The lowest BCUT2D eigenvalue weighted by molar-refractivity contribution is 0.340. The Morgan fingerprint density at radius 3 is 2.33 bits per heavy atom. The number of rotatable bonds is 10. The third kappa shape index (κ3) is 5.59. The Balaban J connectivity index is 1.91. The van der Waals surface area contributed by atoms with Crippen molar-refractivity contribution in [1.82, 2.24) is 9.97 Å². The van der Waals surface area contributed by atoms with E-state index in [9.17, 15) is 4.39 Å². The van der Waals surface area contributed by atoms with Crippen LogP contribution in [0.25, 0.3) is 11.4 Å². The van der Waals surface area contributed by atoms with Gasteiger partial charge in [-0.2, -0.15) is 9.37 Å². The van der Waals surface area contributed by atoms with Crippen molar-refractivity contribution in [3.05, 3.63) is 42.0 Å². The second kappa shape index (κ2) is 10.0. The summed E-state index contributed by atoms with van der Waals surface area (Å²) in [5, 5.41) is 0. The molecule has 0 N–H and O–H groups in total. The maximum absolute atomic E-state index is 14.2. The zero-order valence-electron chi connectivity index (χ0n) is 14.7. The normalized spacial score (nSPS) is 10.8. The fraction of sp³-hybridized carbons (Fsp3) is 0.500. The second-order valence-corrected chi connectivity index (χ2v) is 5.98. The van der Waals surface area contributed by atoms with E-state index in [1.807, 2.05) is 31.2 Å². The lowest BCUT2D eigenvalue weighted by atomic mass is 10.1. The van der Waals surface area contributed by atoms with Crippen LogP contribution < -0.4 is 4.74 Å². The van der Waals surface area contributed by atoms with Crippen LogP contribution in [0, 0.1) is 5.95 Å². The molecule has 0 amide bonds. The first-order valence-electron chi connectivity index (χ1n) is 8.99. The lowest BCUT2D eigenvalue weighted by Crippen LogP contribution is -1.99. The van der Waals surface area contributed by atoms with Crippen molar-refractivity contribution in [2.24, 2.45) is 0 Å². The predicted octanol–water partition coefficient (Wildman–Crippen LogP) is 5.58. The van der Waals surface area contributed by atoms with E-state index < -0.39 is 5.95 Å². The van der Waals surface area contributed by atoms with E-state index in [2.05, 4.69) is 16.9 Å². The molecule has 2 rings (SSSR count). The van der Waals surface area contributed by atoms with E-state index in [-0.39, 0.29) is 0 Å². The number of ether oxygens (including phenoxy) is 1. The maximum Gasteiger partial charge on any atom is 0.219 e. The van der Waals surface area contributed by atoms with E-state index >= 15 is 0 Å². The van der Waals surface area contributed by atoms with E-state index in [4.69, 9.17) is 4.74 Å². The summed E-state index contributed by atoms with van der Waals surface area (Å²) in [5.41, 5.74) is 1.41. The Morgan fingerprint density at radius 2 is 1.67 bits per heavy atom. The molecule has 0 aliphatic heterocycles. The van der Waals surface area contributed by atoms with Crippen molar-refractivity contribution < 1.29 is 9.13 Å². The molecule has 0 saturated carbocycles. The summed E-state index contributed by atoms with van der Waals surface area (Å²) < 4.78 is 19.6. The molecule has 0 saturated heterocycles. The molecule has 0 aliphatic carbocycles. The smallest absolute Gasteiger partial charge is 0.219 e. The Morgan fingerprint density at radius 1 is 0.958 bits per heavy atom. The molecule has 0 fully saturated rings. The van der Waals surface area contributed by atoms with Crippen LogP contribution >= 0.6 is 0 Å². The van der Waals surface area contributed by atoms with Crippen molar-refractivity contribution in [3.8, 4) is 17.1 Å². The number of aryl methyl sites for hydroxylation is 1. The first kappa shape index (κ1) is 18.4. The summed E-state index contributed by atoms with van der Waals surface area (Å²) in [4.78, 5) is 8.35. The molecule has 0 unspecified atom stereocenters. The predicted molar refractivity (Wildman–Crippen MR) is 95.7 cm³/mol. The number of aromatic nitrogens is 2. The van der Waals surface area contributed by atoms with Crippen molar-refractivity contribution >= 4 is 0 Å². The highest BCUT2D eigenvalue weighted by atomic mass is 19.1. The summed E-state index contributed by atoms with van der Waals surface area (Å²) in [6.07, 6.45) is 9.49. The number of hydrogen-bond acceptors (Lipinski definition) is 3. The van der Waals surface area contributed by atoms with Gasteiger partial charge >= 0.3 is 0 Å². The standard InChI is InChI=1S/C20H27FN2O/c1-3-5-6-7-8-9-10-17-15-22-20(23-19(17)21)16-11-13-18(14-12-16)24-4-2/h11-15H,3-10H2,1-2H3. The summed E-state index contributed by atoms with van der Waals surface area (Å²) >= 11 is 0. The topological polar surface area (TPSA) is 35.0 Å². The third-order valence-electron chi connectivity index (χ3n) is 4.03. The summed E-state index contributed by atoms with van der Waals surface area (Å²) in [6, 6.07) is 7.41. The average molecular weight is 330 g/mol. The van der Waals surface area contributed by atoms with Gasteiger partial charge in [-0.15, -0.1) is 0 Å². The molecule has 0 spiro atoms. The highest BCUT2D eigenvalue weighted by Crippen LogP contribution is 2.20. The van der Waals surface area contributed by atoms with Gasteiger partial charge in [0.05, 0.1) is 6.61 Å². The molecule has 1 aromatic carbocycles. The highest BCUT2D eigenvalue weighted by molar-refractivity contribution is 5.56. The number of unbranched alkanes of at least 4 members (excludes halogenated alkanes) is 5. The molecule has 2 aromatic rings. The van der Waals surface area contributed by atoms with Crippen molar-refractivity contribution in [3.63, 3.8) is 0 Å². The maximum atomic E-state index is 14.2. The van der Waals surface area contributed by atoms with Gasteiger partial charge in [-0.3, -0.25) is 0 Å². The zero-order chi connectivity index (χ0) is 17.2. The number of benzene rings is 1. The van der Waals surface area contributed by atoms with E-state index in [0.717, 1.165) is 24.2 Å². The zero-order valence-corrected chi connectivity index (χ0v) is 14.7. The summed E-state index contributed by atoms with van der Waals surface area (Å²) in [7, 11) is 0. The van der Waals surface area contributed by atoms with Gasteiger partial charge in [-0.25, -0.2) is 4.98 Å². The van der Waals surface area contributed by atoms with Crippen LogP contribution in [0.4, 0.5) is 4.39 Å². The fourth-order valence-electron chi connectivity index (χ4n) is 2.66. The van der Waals surface area contributed by atoms with E-state index in [1.54, 1.807) is 6.20 Å².